The molecule has 2 heterocycles. The summed E-state index contributed by atoms with van der Waals surface area (Å²) in [5.74, 6) is -0.587. The van der Waals surface area contributed by atoms with Crippen molar-refractivity contribution >= 4 is 11.7 Å². The van der Waals surface area contributed by atoms with Crippen molar-refractivity contribution in [1.82, 2.24) is 15.1 Å². The van der Waals surface area contributed by atoms with Crippen LogP contribution >= 0.6 is 0 Å². The van der Waals surface area contributed by atoms with E-state index in [1.165, 1.54) is 19.2 Å². The number of carbonyl (C=O) groups is 2. The minimum Gasteiger partial charge on any atom is -0.494 e. The molecule has 142 valence electrons. The van der Waals surface area contributed by atoms with Gasteiger partial charge in [0.1, 0.15) is 5.69 Å². The Morgan fingerprint density at radius 1 is 1.26 bits per heavy atom. The van der Waals surface area contributed by atoms with E-state index in [-0.39, 0.29) is 23.4 Å². The Labute approximate surface area is 156 Å². The number of H-pyrrole nitrogens is 1. The molecule has 1 N–H and O–H groups in total. The Balaban J connectivity index is 1.46. The topological polar surface area (TPSA) is 75.3 Å². The molecule has 1 aromatic heterocycles. The van der Waals surface area contributed by atoms with Gasteiger partial charge < -0.3 is 9.64 Å². The molecule has 1 saturated carbocycles. The van der Waals surface area contributed by atoms with Crippen molar-refractivity contribution in [3.8, 4) is 5.75 Å². The molecule has 7 heteroatoms. The second kappa shape index (κ2) is 7.13. The van der Waals surface area contributed by atoms with Crippen molar-refractivity contribution < 1.29 is 18.7 Å². The number of likely N-dealkylation sites (tertiary alicyclic amines) is 1. The summed E-state index contributed by atoms with van der Waals surface area (Å²) < 4.78 is 18.8. The highest BCUT2D eigenvalue weighted by atomic mass is 19.1. The first-order valence-electron chi connectivity index (χ1n) is 9.29. The Morgan fingerprint density at radius 2 is 2.07 bits per heavy atom. The molecule has 4 rings (SSSR count). The van der Waals surface area contributed by atoms with Crippen LogP contribution < -0.4 is 4.74 Å². The monoisotopic (exact) mass is 371 g/mol. The highest BCUT2D eigenvalue weighted by Crippen LogP contribution is 2.39. The number of aromatic nitrogens is 2. The van der Waals surface area contributed by atoms with E-state index in [1.54, 1.807) is 11.0 Å². The second-order valence-corrected chi connectivity index (χ2v) is 7.29. The van der Waals surface area contributed by atoms with Crippen molar-refractivity contribution in [2.45, 2.75) is 31.6 Å². The van der Waals surface area contributed by atoms with E-state index in [0.717, 1.165) is 25.0 Å². The summed E-state index contributed by atoms with van der Waals surface area (Å²) in [6.45, 7) is 0.933. The number of ketones is 1. The average Bonchev–Trinajstić information content (AvgIpc) is 3.43. The molecule has 1 aliphatic carbocycles. The zero-order valence-electron chi connectivity index (χ0n) is 15.2. The van der Waals surface area contributed by atoms with Gasteiger partial charge in [-0.2, -0.15) is 5.10 Å². The lowest BCUT2D eigenvalue weighted by Crippen LogP contribution is -2.42. The van der Waals surface area contributed by atoms with Gasteiger partial charge in [0.05, 0.1) is 7.11 Å². The summed E-state index contributed by atoms with van der Waals surface area (Å²) >= 11 is 0. The lowest BCUT2D eigenvalue weighted by atomic mass is 9.89. The van der Waals surface area contributed by atoms with Gasteiger partial charge in [0.25, 0.3) is 5.91 Å². The number of nitrogens with one attached hydrogen (secondary N) is 1. The molecule has 1 amide bonds. The van der Waals surface area contributed by atoms with Gasteiger partial charge in [0.2, 0.25) is 0 Å². The molecule has 0 bridgehead atoms. The molecule has 1 saturated heterocycles. The summed E-state index contributed by atoms with van der Waals surface area (Å²) in [6.07, 6.45) is 3.69. The third-order valence-corrected chi connectivity index (χ3v) is 5.35. The molecule has 1 atom stereocenters. The van der Waals surface area contributed by atoms with Gasteiger partial charge in [0.15, 0.2) is 17.3 Å². The molecule has 1 unspecified atom stereocenters. The molecular formula is C20H22FN3O3. The van der Waals surface area contributed by atoms with Gasteiger partial charge in [0, 0.05) is 36.2 Å². The number of benzene rings is 1. The smallest absolute Gasteiger partial charge is 0.274 e. The lowest BCUT2D eigenvalue weighted by Gasteiger charge is -2.31. The van der Waals surface area contributed by atoms with Crippen LogP contribution in [0.4, 0.5) is 4.39 Å². The Bertz CT molecular complexity index is 875. The highest BCUT2D eigenvalue weighted by Gasteiger charge is 2.32. The third kappa shape index (κ3) is 3.59. The van der Waals surface area contributed by atoms with Crippen LogP contribution in [0.3, 0.4) is 0 Å². The highest BCUT2D eigenvalue weighted by molar-refractivity contribution is 5.99. The number of hydrogen-bond acceptors (Lipinski definition) is 4. The van der Waals surface area contributed by atoms with Crippen LogP contribution in [0.1, 0.15) is 58.1 Å². The number of halogens is 1. The van der Waals surface area contributed by atoms with Crippen LogP contribution in [-0.2, 0) is 0 Å². The van der Waals surface area contributed by atoms with Crippen molar-refractivity contribution in [3.05, 3.63) is 47.0 Å². The van der Waals surface area contributed by atoms with Crippen molar-refractivity contribution in [1.29, 1.82) is 0 Å². The number of rotatable bonds is 5. The first-order chi connectivity index (χ1) is 13.1. The van der Waals surface area contributed by atoms with Crippen LogP contribution in [-0.4, -0.2) is 47.0 Å². The zero-order valence-corrected chi connectivity index (χ0v) is 15.2. The molecule has 1 aromatic carbocycles. The first kappa shape index (κ1) is 17.7. The van der Waals surface area contributed by atoms with Crippen LogP contribution in [0.2, 0.25) is 0 Å². The van der Waals surface area contributed by atoms with Crippen LogP contribution in [0.25, 0.3) is 0 Å². The predicted octanol–water partition coefficient (Wildman–Crippen LogP) is 3.17. The minimum atomic E-state index is -0.559. The van der Waals surface area contributed by atoms with E-state index >= 15 is 0 Å². The van der Waals surface area contributed by atoms with E-state index in [2.05, 4.69) is 10.2 Å². The number of methoxy groups -OCH3 is 1. The van der Waals surface area contributed by atoms with Gasteiger partial charge in [-0.3, -0.25) is 14.7 Å². The SMILES string of the molecule is COc1ccc(C(=O)C2CCCN(C(=O)c3cc(C4CC4)[nH]n3)C2)cc1F. The molecule has 0 radical (unpaired) electrons. The molecule has 0 spiro atoms. The van der Waals surface area contributed by atoms with Crippen LogP contribution in [0, 0.1) is 11.7 Å². The number of ether oxygens (including phenoxy) is 1. The molecule has 2 aliphatic rings. The number of hydrogen-bond donors (Lipinski definition) is 1. The normalized spacial score (nSPS) is 19.8. The van der Waals surface area contributed by atoms with E-state index in [9.17, 15) is 14.0 Å². The van der Waals surface area contributed by atoms with Crippen molar-refractivity contribution in [2.75, 3.05) is 20.2 Å². The van der Waals surface area contributed by atoms with Gasteiger partial charge in [-0.05, 0) is 49.9 Å². The molecule has 27 heavy (non-hydrogen) atoms. The van der Waals surface area contributed by atoms with Crippen molar-refractivity contribution in [2.24, 2.45) is 5.92 Å². The maximum atomic E-state index is 13.9. The fourth-order valence-electron chi connectivity index (χ4n) is 3.64. The Morgan fingerprint density at radius 3 is 2.78 bits per heavy atom. The van der Waals surface area contributed by atoms with Crippen molar-refractivity contribution in [3.63, 3.8) is 0 Å². The van der Waals surface area contributed by atoms with E-state index in [4.69, 9.17) is 4.74 Å². The average molecular weight is 371 g/mol. The van der Waals surface area contributed by atoms with E-state index in [1.807, 2.05) is 6.07 Å². The molecule has 2 fully saturated rings. The predicted molar refractivity (Wildman–Crippen MR) is 96.5 cm³/mol. The third-order valence-electron chi connectivity index (χ3n) is 5.35. The first-order valence-corrected chi connectivity index (χ1v) is 9.29. The summed E-state index contributed by atoms with van der Waals surface area (Å²) in [4.78, 5) is 27.2. The number of aromatic amines is 1. The fourth-order valence-corrected chi connectivity index (χ4v) is 3.64. The van der Waals surface area contributed by atoms with Gasteiger partial charge in [-0.25, -0.2) is 4.39 Å². The Kier molecular flexibility index (Phi) is 4.68. The lowest BCUT2D eigenvalue weighted by molar-refractivity contribution is 0.0632. The molecule has 6 nitrogen and oxygen atoms in total. The van der Waals surface area contributed by atoms with Gasteiger partial charge in [-0.15, -0.1) is 0 Å². The molecule has 2 aromatic rings. The second-order valence-electron chi connectivity index (χ2n) is 7.29. The van der Waals surface area contributed by atoms with Gasteiger partial charge >= 0.3 is 0 Å². The summed E-state index contributed by atoms with van der Waals surface area (Å²) in [7, 11) is 1.38. The largest absolute Gasteiger partial charge is 0.494 e. The number of Topliss-reactive ketones (excluding diaryl/α,β-unsaturated/α-hetero) is 1. The standard InChI is InChI=1S/C20H22FN3O3/c1-27-18-7-6-13(9-15(18)21)19(25)14-3-2-8-24(11-14)20(26)17-10-16(22-23-17)12-4-5-12/h6-7,9-10,12,14H,2-5,8,11H2,1H3,(H,22,23). The van der Waals surface area contributed by atoms with E-state index in [0.29, 0.717) is 36.7 Å². The molecular weight excluding hydrogens is 349 g/mol. The number of carbonyl (C=O) groups excluding carboxylic acids is 2. The number of nitrogens with zero attached hydrogens (tertiary/aromatic N) is 2. The fraction of sp³-hybridized carbons (Fsp3) is 0.450. The Hall–Kier alpha value is -2.70. The zero-order chi connectivity index (χ0) is 19.0. The number of piperidine rings is 1. The summed E-state index contributed by atoms with van der Waals surface area (Å²) in [6, 6.07) is 6.06. The maximum Gasteiger partial charge on any atom is 0.274 e. The summed E-state index contributed by atoms with van der Waals surface area (Å²) in [5.41, 5.74) is 1.72. The van der Waals surface area contributed by atoms with Crippen LogP contribution in [0.15, 0.2) is 24.3 Å². The number of amides is 1. The minimum absolute atomic E-state index is 0.108. The summed E-state index contributed by atoms with van der Waals surface area (Å²) in [5, 5.41) is 7.09. The van der Waals surface area contributed by atoms with Crippen LogP contribution in [0.5, 0.6) is 5.75 Å². The maximum absolute atomic E-state index is 13.9. The molecule has 1 aliphatic heterocycles. The van der Waals surface area contributed by atoms with Gasteiger partial charge in [-0.1, -0.05) is 0 Å². The van der Waals surface area contributed by atoms with E-state index < -0.39 is 5.82 Å². The quantitative estimate of drug-likeness (QED) is 0.819.